The summed E-state index contributed by atoms with van der Waals surface area (Å²) in [6.07, 6.45) is 3.68. The fourth-order valence-electron chi connectivity index (χ4n) is 2.19. The van der Waals surface area contributed by atoms with Crippen LogP contribution in [0.25, 0.3) is 0 Å². The van der Waals surface area contributed by atoms with Crippen LogP contribution in [0.4, 0.5) is 0 Å². The molecule has 0 saturated carbocycles. The zero-order valence-electron chi connectivity index (χ0n) is 10.9. The largest absolute Gasteiger partial charge is 0.330 e. The van der Waals surface area contributed by atoms with Crippen LogP contribution in [0.2, 0.25) is 0 Å². The van der Waals surface area contributed by atoms with E-state index < -0.39 is 0 Å². The van der Waals surface area contributed by atoms with Crippen LogP contribution >= 0.6 is 0 Å². The average molecular weight is 233 g/mol. The average Bonchev–Trinajstić information content (AvgIpc) is 2.30. The summed E-state index contributed by atoms with van der Waals surface area (Å²) >= 11 is 0. The third kappa shape index (κ3) is 4.31. The van der Waals surface area contributed by atoms with Gasteiger partial charge in [-0.15, -0.1) is 0 Å². The predicted molar refractivity (Wildman–Crippen MR) is 72.2 cm³/mol. The molecule has 94 valence electrons. The molecule has 0 amide bonds. The molecule has 2 heteroatoms. The first-order valence-corrected chi connectivity index (χ1v) is 6.50. The zero-order valence-corrected chi connectivity index (χ0v) is 10.9. The van der Waals surface area contributed by atoms with E-state index in [1.807, 2.05) is 24.3 Å². The number of carbonyl (C=O) groups excluding carboxylic acids is 1. The number of hydrogen-bond donors (Lipinski definition) is 1. The Labute approximate surface area is 104 Å². The third-order valence-electron chi connectivity index (χ3n) is 3.05. The van der Waals surface area contributed by atoms with Crippen molar-refractivity contribution < 1.29 is 4.79 Å². The first-order chi connectivity index (χ1) is 8.19. The first kappa shape index (κ1) is 13.9. The van der Waals surface area contributed by atoms with Crippen molar-refractivity contribution in [1.29, 1.82) is 0 Å². The Hall–Kier alpha value is -1.15. The highest BCUT2D eigenvalue weighted by Crippen LogP contribution is 2.17. The molecule has 1 aromatic rings. The smallest absolute Gasteiger partial charge is 0.163 e. The van der Waals surface area contributed by atoms with Gasteiger partial charge >= 0.3 is 0 Å². The fourth-order valence-corrected chi connectivity index (χ4v) is 2.19. The maximum atomic E-state index is 12.2. The van der Waals surface area contributed by atoms with Crippen molar-refractivity contribution in [3.63, 3.8) is 0 Å². The van der Waals surface area contributed by atoms with E-state index in [1.165, 1.54) is 0 Å². The number of rotatable bonds is 7. The topological polar surface area (TPSA) is 43.1 Å². The Morgan fingerprint density at radius 1 is 1.35 bits per heavy atom. The molecular weight excluding hydrogens is 210 g/mol. The summed E-state index contributed by atoms with van der Waals surface area (Å²) in [6, 6.07) is 7.82. The molecule has 0 aromatic heterocycles. The third-order valence-corrected chi connectivity index (χ3v) is 3.05. The van der Waals surface area contributed by atoms with Gasteiger partial charge in [0.15, 0.2) is 5.78 Å². The van der Waals surface area contributed by atoms with Gasteiger partial charge in [-0.25, -0.2) is 0 Å². The second-order valence-electron chi connectivity index (χ2n) is 4.72. The zero-order chi connectivity index (χ0) is 12.7. The Kier molecular flexibility index (Phi) is 5.92. The summed E-state index contributed by atoms with van der Waals surface area (Å²) in [6.45, 7) is 4.89. The summed E-state index contributed by atoms with van der Waals surface area (Å²) in [7, 11) is 0. The van der Waals surface area contributed by atoms with Crippen molar-refractivity contribution in [2.45, 2.75) is 39.5 Å². The molecule has 1 rings (SSSR count). The molecule has 0 aliphatic rings. The van der Waals surface area contributed by atoms with E-state index in [2.05, 4.69) is 13.8 Å². The minimum atomic E-state index is 0.259. The number of hydrogen-bond acceptors (Lipinski definition) is 2. The molecule has 2 nitrogen and oxygen atoms in total. The Morgan fingerprint density at radius 3 is 2.71 bits per heavy atom. The van der Waals surface area contributed by atoms with E-state index in [1.54, 1.807) is 0 Å². The number of nitrogens with two attached hydrogens (primary N) is 1. The lowest BCUT2D eigenvalue weighted by atomic mass is 9.93. The highest BCUT2D eigenvalue weighted by Gasteiger charge is 2.13. The van der Waals surface area contributed by atoms with Crippen LogP contribution in [0.3, 0.4) is 0 Å². The van der Waals surface area contributed by atoms with Gasteiger partial charge in [-0.2, -0.15) is 0 Å². The van der Waals surface area contributed by atoms with Gasteiger partial charge in [0, 0.05) is 12.0 Å². The van der Waals surface area contributed by atoms with Crippen LogP contribution in [0.1, 0.15) is 49.0 Å². The Balaban J connectivity index is 2.74. The molecule has 0 spiro atoms. The van der Waals surface area contributed by atoms with Gasteiger partial charge in [0.1, 0.15) is 0 Å². The van der Waals surface area contributed by atoms with E-state index in [4.69, 9.17) is 5.73 Å². The predicted octanol–water partition coefficient (Wildman–Crippen LogP) is 3.20. The van der Waals surface area contributed by atoms with Gasteiger partial charge in [-0.05, 0) is 24.4 Å². The monoisotopic (exact) mass is 233 g/mol. The van der Waals surface area contributed by atoms with Crippen LogP contribution in [0.5, 0.6) is 0 Å². The summed E-state index contributed by atoms with van der Waals surface area (Å²) < 4.78 is 0. The van der Waals surface area contributed by atoms with E-state index in [0.717, 1.165) is 30.4 Å². The molecule has 1 aromatic carbocycles. The lowest BCUT2D eigenvalue weighted by molar-refractivity contribution is 0.0961. The highest BCUT2D eigenvalue weighted by molar-refractivity contribution is 5.97. The molecule has 0 saturated heterocycles. The van der Waals surface area contributed by atoms with Crippen molar-refractivity contribution >= 4 is 5.78 Å². The number of Topliss-reactive ketones (excluding diaryl/α,β-unsaturated/α-hetero) is 1. The Bertz CT molecular complexity index is 360. The summed E-state index contributed by atoms with van der Waals surface area (Å²) in [5, 5.41) is 0. The quantitative estimate of drug-likeness (QED) is 0.735. The van der Waals surface area contributed by atoms with Gasteiger partial charge < -0.3 is 5.73 Å². The second-order valence-corrected chi connectivity index (χ2v) is 4.72. The number of benzene rings is 1. The number of carbonyl (C=O) groups is 1. The van der Waals surface area contributed by atoms with Gasteiger partial charge in [-0.1, -0.05) is 51.0 Å². The van der Waals surface area contributed by atoms with Crippen LogP contribution in [0, 0.1) is 5.92 Å². The molecule has 1 atom stereocenters. The summed E-state index contributed by atoms with van der Waals surface area (Å²) in [4.78, 5) is 12.2. The molecule has 2 N–H and O–H groups in total. The molecule has 0 aliphatic heterocycles. The van der Waals surface area contributed by atoms with E-state index >= 15 is 0 Å². The SMILES string of the molecule is CCCC(C)CC(=O)c1ccccc1CCN. The molecule has 0 heterocycles. The molecular formula is C15H23NO. The molecule has 0 radical (unpaired) electrons. The van der Waals surface area contributed by atoms with Gasteiger partial charge in [0.25, 0.3) is 0 Å². The van der Waals surface area contributed by atoms with Crippen molar-refractivity contribution in [3.05, 3.63) is 35.4 Å². The van der Waals surface area contributed by atoms with Crippen molar-refractivity contribution in [1.82, 2.24) is 0 Å². The number of ketones is 1. The summed E-state index contributed by atoms with van der Waals surface area (Å²) in [5.74, 6) is 0.730. The normalized spacial score (nSPS) is 12.4. The second kappa shape index (κ2) is 7.23. The molecule has 17 heavy (non-hydrogen) atoms. The molecule has 0 bridgehead atoms. The van der Waals surface area contributed by atoms with Crippen LogP contribution < -0.4 is 5.73 Å². The van der Waals surface area contributed by atoms with Crippen LogP contribution in [-0.4, -0.2) is 12.3 Å². The first-order valence-electron chi connectivity index (χ1n) is 6.50. The summed E-state index contributed by atoms with van der Waals surface area (Å²) in [5.41, 5.74) is 7.52. The lowest BCUT2D eigenvalue weighted by Gasteiger charge is -2.11. The van der Waals surface area contributed by atoms with E-state index in [9.17, 15) is 4.79 Å². The Morgan fingerprint density at radius 2 is 2.06 bits per heavy atom. The van der Waals surface area contributed by atoms with E-state index in [0.29, 0.717) is 18.9 Å². The highest BCUT2D eigenvalue weighted by atomic mass is 16.1. The van der Waals surface area contributed by atoms with Gasteiger partial charge in [0.2, 0.25) is 0 Å². The lowest BCUT2D eigenvalue weighted by Crippen LogP contribution is -2.11. The standard InChI is InChI=1S/C15H23NO/c1-3-6-12(2)11-15(17)14-8-5-4-7-13(14)9-10-16/h4-5,7-8,12H,3,6,9-11,16H2,1-2H3. The van der Waals surface area contributed by atoms with E-state index in [-0.39, 0.29) is 5.78 Å². The minimum Gasteiger partial charge on any atom is -0.330 e. The fraction of sp³-hybridized carbons (Fsp3) is 0.533. The molecule has 0 aliphatic carbocycles. The molecule has 1 unspecified atom stereocenters. The van der Waals surface area contributed by atoms with Gasteiger partial charge in [-0.3, -0.25) is 4.79 Å². The van der Waals surface area contributed by atoms with Crippen LogP contribution in [-0.2, 0) is 6.42 Å². The van der Waals surface area contributed by atoms with Crippen molar-refractivity contribution in [2.75, 3.05) is 6.54 Å². The van der Waals surface area contributed by atoms with Crippen molar-refractivity contribution in [3.8, 4) is 0 Å². The van der Waals surface area contributed by atoms with Crippen molar-refractivity contribution in [2.24, 2.45) is 11.7 Å². The molecule has 0 fully saturated rings. The maximum absolute atomic E-state index is 12.2. The van der Waals surface area contributed by atoms with Gasteiger partial charge in [0.05, 0.1) is 0 Å². The maximum Gasteiger partial charge on any atom is 0.163 e. The minimum absolute atomic E-state index is 0.259. The van der Waals surface area contributed by atoms with Crippen LogP contribution in [0.15, 0.2) is 24.3 Å².